The Bertz CT molecular complexity index is 799. The van der Waals surface area contributed by atoms with Gasteiger partial charge in [0.25, 0.3) is 0 Å². The Hall–Kier alpha value is -2.28. The maximum atomic E-state index is 12.6. The summed E-state index contributed by atoms with van der Waals surface area (Å²) < 4.78 is 0. The second-order valence-electron chi connectivity index (χ2n) is 6.28. The van der Waals surface area contributed by atoms with Crippen LogP contribution in [0.2, 0.25) is 0 Å². The van der Waals surface area contributed by atoms with Crippen LogP contribution in [0.1, 0.15) is 22.7 Å². The zero-order chi connectivity index (χ0) is 18.2. The number of rotatable bonds is 8. The fourth-order valence-electron chi connectivity index (χ4n) is 2.82. The van der Waals surface area contributed by atoms with E-state index in [9.17, 15) is 4.79 Å². The molecule has 0 radical (unpaired) electrons. The van der Waals surface area contributed by atoms with E-state index < -0.39 is 0 Å². The molecule has 5 nitrogen and oxygen atoms in total. The van der Waals surface area contributed by atoms with Gasteiger partial charge >= 0.3 is 0 Å². The second-order valence-corrected chi connectivity index (χ2v) is 7.06. The van der Waals surface area contributed by atoms with Gasteiger partial charge in [-0.05, 0) is 59.1 Å². The first kappa shape index (κ1) is 21.0. The fourth-order valence-corrected chi connectivity index (χ4v) is 3.50. The summed E-state index contributed by atoms with van der Waals surface area (Å²) in [5, 5.41) is 7.33. The van der Waals surface area contributed by atoms with Crippen LogP contribution in [0.4, 0.5) is 0 Å². The molecular formula is C20H23ClN4OS. The minimum absolute atomic E-state index is 0. The molecule has 0 aliphatic heterocycles. The summed E-state index contributed by atoms with van der Waals surface area (Å²) in [6.07, 6.45) is 7.89. The molecule has 142 valence electrons. The van der Waals surface area contributed by atoms with Gasteiger partial charge in [-0.3, -0.25) is 19.7 Å². The van der Waals surface area contributed by atoms with Gasteiger partial charge in [0.05, 0.1) is 12.6 Å². The molecule has 3 aromatic heterocycles. The summed E-state index contributed by atoms with van der Waals surface area (Å²) in [4.78, 5) is 22.9. The molecule has 0 bridgehead atoms. The Kier molecular flexibility index (Phi) is 8.39. The number of nitrogens with one attached hydrogen (secondary N) is 1. The van der Waals surface area contributed by atoms with E-state index in [1.54, 1.807) is 23.7 Å². The van der Waals surface area contributed by atoms with Crippen molar-refractivity contribution in [1.82, 2.24) is 20.2 Å². The van der Waals surface area contributed by atoms with Crippen LogP contribution in [0.15, 0.2) is 65.9 Å². The van der Waals surface area contributed by atoms with Crippen molar-refractivity contribution in [3.63, 3.8) is 0 Å². The second kappa shape index (κ2) is 10.8. The van der Waals surface area contributed by atoms with E-state index in [2.05, 4.69) is 32.1 Å². The van der Waals surface area contributed by atoms with Crippen LogP contribution >= 0.6 is 23.7 Å². The number of hydrogen-bond acceptors (Lipinski definition) is 5. The summed E-state index contributed by atoms with van der Waals surface area (Å²) in [5.41, 5.74) is 3.32. The number of likely N-dealkylation sites (N-methyl/N-ethyl adjacent to an activating group) is 1. The Labute approximate surface area is 169 Å². The standard InChI is InChI=1S/C20H22N4OS.ClH/c1-24(13-17-4-2-7-21-11-17)14-20(25)23-19(10-16-6-9-26-15-16)18-5-3-8-22-12-18;/h2-9,11-12,15,19H,10,13-14H2,1H3,(H,23,25);1H. The summed E-state index contributed by atoms with van der Waals surface area (Å²) in [5.74, 6) is 0.000438. The van der Waals surface area contributed by atoms with Gasteiger partial charge in [-0.2, -0.15) is 11.3 Å². The largest absolute Gasteiger partial charge is 0.348 e. The highest BCUT2D eigenvalue weighted by Crippen LogP contribution is 2.19. The van der Waals surface area contributed by atoms with Gasteiger partial charge in [0, 0.05) is 31.3 Å². The van der Waals surface area contributed by atoms with E-state index in [1.807, 2.05) is 48.6 Å². The highest BCUT2D eigenvalue weighted by atomic mass is 35.5. The number of amides is 1. The van der Waals surface area contributed by atoms with Gasteiger partial charge in [-0.1, -0.05) is 12.1 Å². The van der Waals surface area contributed by atoms with E-state index in [0.29, 0.717) is 13.1 Å². The third-order valence-corrected chi connectivity index (χ3v) is 4.76. The lowest BCUT2D eigenvalue weighted by Crippen LogP contribution is -2.37. The third kappa shape index (κ3) is 6.75. The Balaban J connectivity index is 0.00000261. The SMILES string of the molecule is CN(CC(=O)NC(Cc1ccsc1)c1cccnc1)Cc1cccnc1.Cl. The van der Waals surface area contributed by atoms with Crippen LogP contribution in [0.25, 0.3) is 0 Å². The molecule has 0 spiro atoms. The first-order valence-corrected chi connectivity index (χ1v) is 9.43. The van der Waals surface area contributed by atoms with Gasteiger partial charge in [-0.15, -0.1) is 12.4 Å². The van der Waals surface area contributed by atoms with Crippen molar-refractivity contribution in [3.8, 4) is 0 Å². The van der Waals surface area contributed by atoms with E-state index in [4.69, 9.17) is 0 Å². The number of hydrogen-bond donors (Lipinski definition) is 1. The van der Waals surface area contributed by atoms with Gasteiger partial charge in [0.2, 0.25) is 5.91 Å². The molecule has 1 unspecified atom stereocenters. The summed E-state index contributed by atoms with van der Waals surface area (Å²) >= 11 is 1.67. The van der Waals surface area contributed by atoms with Crippen molar-refractivity contribution >= 4 is 29.7 Å². The minimum atomic E-state index is -0.0856. The van der Waals surface area contributed by atoms with E-state index >= 15 is 0 Å². The molecule has 3 aromatic rings. The predicted octanol–water partition coefficient (Wildman–Crippen LogP) is 3.49. The third-order valence-electron chi connectivity index (χ3n) is 4.03. The molecule has 0 aliphatic rings. The summed E-state index contributed by atoms with van der Waals surface area (Å²) in [6, 6.07) is 9.83. The molecule has 0 aliphatic carbocycles. The predicted molar refractivity (Wildman–Crippen MR) is 111 cm³/mol. The maximum absolute atomic E-state index is 12.6. The maximum Gasteiger partial charge on any atom is 0.234 e. The molecular weight excluding hydrogens is 380 g/mol. The van der Waals surface area contributed by atoms with E-state index in [0.717, 1.165) is 17.5 Å². The first-order chi connectivity index (χ1) is 12.7. The molecule has 3 heterocycles. The number of pyridine rings is 2. The quantitative estimate of drug-likeness (QED) is 0.626. The molecule has 3 rings (SSSR count). The molecule has 7 heteroatoms. The lowest BCUT2D eigenvalue weighted by atomic mass is 10.0. The molecule has 0 fully saturated rings. The zero-order valence-electron chi connectivity index (χ0n) is 15.1. The number of halogens is 1. The normalized spacial score (nSPS) is 11.6. The van der Waals surface area contributed by atoms with Crippen molar-refractivity contribution in [2.75, 3.05) is 13.6 Å². The minimum Gasteiger partial charge on any atom is -0.348 e. The van der Waals surface area contributed by atoms with Crippen molar-refractivity contribution in [3.05, 3.63) is 82.6 Å². The van der Waals surface area contributed by atoms with Crippen LogP contribution in [-0.2, 0) is 17.8 Å². The van der Waals surface area contributed by atoms with Crippen molar-refractivity contribution in [1.29, 1.82) is 0 Å². The molecule has 27 heavy (non-hydrogen) atoms. The van der Waals surface area contributed by atoms with Gasteiger partial charge in [0.1, 0.15) is 0 Å². The topological polar surface area (TPSA) is 58.1 Å². The van der Waals surface area contributed by atoms with Gasteiger partial charge < -0.3 is 5.32 Å². The first-order valence-electron chi connectivity index (χ1n) is 8.48. The van der Waals surface area contributed by atoms with Crippen LogP contribution in [0, 0.1) is 0 Å². The van der Waals surface area contributed by atoms with E-state index in [-0.39, 0.29) is 24.4 Å². The van der Waals surface area contributed by atoms with E-state index in [1.165, 1.54) is 5.56 Å². The monoisotopic (exact) mass is 402 g/mol. The lowest BCUT2D eigenvalue weighted by molar-refractivity contribution is -0.122. The van der Waals surface area contributed by atoms with Crippen LogP contribution in [0.5, 0.6) is 0 Å². The summed E-state index contributed by atoms with van der Waals surface area (Å²) in [6.45, 7) is 1.01. The Morgan fingerprint density at radius 1 is 1.15 bits per heavy atom. The molecule has 1 amide bonds. The number of carbonyl (C=O) groups excluding carboxylic acids is 1. The van der Waals surface area contributed by atoms with Crippen molar-refractivity contribution in [2.45, 2.75) is 19.0 Å². The van der Waals surface area contributed by atoms with Crippen molar-refractivity contribution < 1.29 is 4.79 Å². The smallest absolute Gasteiger partial charge is 0.234 e. The Morgan fingerprint density at radius 3 is 2.56 bits per heavy atom. The Morgan fingerprint density at radius 2 is 1.93 bits per heavy atom. The van der Waals surface area contributed by atoms with Crippen LogP contribution < -0.4 is 5.32 Å². The zero-order valence-corrected chi connectivity index (χ0v) is 16.7. The molecule has 0 aromatic carbocycles. The van der Waals surface area contributed by atoms with Crippen LogP contribution in [-0.4, -0.2) is 34.4 Å². The molecule has 0 saturated heterocycles. The average molecular weight is 403 g/mol. The molecule has 0 saturated carbocycles. The average Bonchev–Trinajstić information content (AvgIpc) is 3.16. The van der Waals surface area contributed by atoms with Gasteiger partial charge in [0.15, 0.2) is 0 Å². The highest BCUT2D eigenvalue weighted by molar-refractivity contribution is 7.07. The molecule has 1 N–H and O–H groups in total. The highest BCUT2D eigenvalue weighted by Gasteiger charge is 2.17. The number of nitrogens with zero attached hydrogens (tertiary/aromatic N) is 3. The summed E-state index contributed by atoms with van der Waals surface area (Å²) in [7, 11) is 1.94. The number of thiophene rings is 1. The number of carbonyl (C=O) groups is 1. The van der Waals surface area contributed by atoms with Crippen LogP contribution in [0.3, 0.4) is 0 Å². The molecule has 1 atom stereocenters. The number of aromatic nitrogens is 2. The van der Waals surface area contributed by atoms with Crippen molar-refractivity contribution in [2.24, 2.45) is 0 Å². The fraction of sp³-hybridized carbons (Fsp3) is 0.250. The van der Waals surface area contributed by atoms with Gasteiger partial charge in [-0.25, -0.2) is 0 Å². The lowest BCUT2D eigenvalue weighted by Gasteiger charge is -2.21.